The van der Waals surface area contributed by atoms with Crippen molar-refractivity contribution in [1.82, 2.24) is 14.9 Å². The van der Waals surface area contributed by atoms with Crippen molar-refractivity contribution in [3.63, 3.8) is 0 Å². The van der Waals surface area contributed by atoms with Crippen molar-refractivity contribution in [3.8, 4) is 0 Å². The Morgan fingerprint density at radius 2 is 2.15 bits per heavy atom. The molecule has 3 rings (SSSR count). The molecule has 20 heavy (non-hydrogen) atoms. The smallest absolute Gasteiger partial charge is 0.244 e. The van der Waals surface area contributed by atoms with Crippen molar-refractivity contribution in [2.45, 2.75) is 29.7 Å². The number of H-pyrrole nitrogens is 1. The first-order chi connectivity index (χ1) is 9.49. The van der Waals surface area contributed by atoms with E-state index >= 15 is 0 Å². The van der Waals surface area contributed by atoms with Crippen molar-refractivity contribution < 1.29 is 8.42 Å². The highest BCUT2D eigenvalue weighted by atomic mass is 35.5. The minimum atomic E-state index is -3.63. The third-order valence-electron chi connectivity index (χ3n) is 3.52. The molecule has 0 fully saturated rings. The lowest BCUT2D eigenvalue weighted by atomic mass is 10.1. The number of fused-ring (bicyclic) bond motifs is 1. The maximum absolute atomic E-state index is 12.4. The van der Waals surface area contributed by atoms with Crippen molar-refractivity contribution in [2.24, 2.45) is 0 Å². The average molecular weight is 312 g/mol. The van der Waals surface area contributed by atoms with Crippen molar-refractivity contribution in [1.29, 1.82) is 0 Å². The number of alkyl halides is 1. The molecule has 2 unspecified atom stereocenters. The molecule has 1 heterocycles. The molecule has 0 aliphatic heterocycles. The Bertz CT molecular complexity index is 742. The monoisotopic (exact) mass is 311 g/mol. The van der Waals surface area contributed by atoms with E-state index in [0.29, 0.717) is 12.1 Å². The molecule has 0 radical (unpaired) electrons. The number of nitrogens with zero attached hydrogens (tertiary/aromatic N) is 1. The zero-order valence-electron chi connectivity index (χ0n) is 10.8. The number of nitrogens with one attached hydrogen (secondary N) is 2. The number of aryl methyl sites for hydroxylation is 1. The van der Waals surface area contributed by atoms with Crippen molar-refractivity contribution in [3.05, 3.63) is 47.3 Å². The molecule has 0 saturated carbocycles. The van der Waals surface area contributed by atoms with Crippen molar-refractivity contribution in [2.75, 3.05) is 0 Å². The molecule has 1 aliphatic rings. The van der Waals surface area contributed by atoms with Gasteiger partial charge in [0.15, 0.2) is 0 Å². The number of hydrogen-bond acceptors (Lipinski definition) is 3. The van der Waals surface area contributed by atoms with Crippen LogP contribution in [0.5, 0.6) is 0 Å². The van der Waals surface area contributed by atoms with E-state index in [2.05, 4.69) is 14.9 Å². The third kappa shape index (κ3) is 2.24. The number of aromatic nitrogens is 2. The van der Waals surface area contributed by atoms with E-state index in [9.17, 15) is 8.42 Å². The van der Waals surface area contributed by atoms with Gasteiger partial charge in [0.05, 0.1) is 23.3 Å². The Morgan fingerprint density at radius 1 is 1.40 bits per heavy atom. The van der Waals surface area contributed by atoms with E-state index in [4.69, 9.17) is 11.6 Å². The van der Waals surface area contributed by atoms with Crippen LogP contribution in [0.15, 0.2) is 35.4 Å². The first kappa shape index (κ1) is 13.6. The Morgan fingerprint density at radius 3 is 2.85 bits per heavy atom. The summed E-state index contributed by atoms with van der Waals surface area (Å²) in [6.45, 7) is 1.67. The molecule has 1 aliphatic carbocycles. The van der Waals surface area contributed by atoms with Crippen LogP contribution < -0.4 is 4.72 Å². The van der Waals surface area contributed by atoms with Gasteiger partial charge in [0.25, 0.3) is 0 Å². The summed E-state index contributed by atoms with van der Waals surface area (Å²) in [6, 6.07) is 7.29. The molecule has 5 nitrogen and oxygen atoms in total. The van der Waals surface area contributed by atoms with E-state index in [1.165, 1.54) is 6.20 Å². The zero-order chi connectivity index (χ0) is 14.3. The number of sulfonamides is 1. The van der Waals surface area contributed by atoms with Crippen LogP contribution in [0.4, 0.5) is 0 Å². The summed E-state index contributed by atoms with van der Waals surface area (Å²) in [6.07, 6.45) is 1.97. The summed E-state index contributed by atoms with van der Waals surface area (Å²) in [5.41, 5.74) is 2.54. The second kappa shape index (κ2) is 4.87. The topological polar surface area (TPSA) is 74.8 Å². The molecule has 1 aromatic heterocycles. The molecule has 1 aromatic carbocycles. The minimum Gasteiger partial charge on any atom is -0.281 e. The van der Waals surface area contributed by atoms with Gasteiger partial charge in [-0.2, -0.15) is 5.10 Å². The summed E-state index contributed by atoms with van der Waals surface area (Å²) >= 11 is 6.30. The Kier molecular flexibility index (Phi) is 3.32. The molecular formula is C13H14ClN3O2S. The van der Waals surface area contributed by atoms with E-state index in [1.54, 1.807) is 6.92 Å². The highest BCUT2D eigenvalue weighted by Gasteiger charge is 2.34. The van der Waals surface area contributed by atoms with Gasteiger partial charge in [-0.15, -0.1) is 11.6 Å². The molecule has 0 spiro atoms. The molecule has 0 saturated heterocycles. The van der Waals surface area contributed by atoms with Crippen LogP contribution in [0.2, 0.25) is 0 Å². The van der Waals surface area contributed by atoms with Crippen LogP contribution >= 0.6 is 11.6 Å². The maximum atomic E-state index is 12.4. The summed E-state index contributed by atoms with van der Waals surface area (Å²) in [5, 5.41) is 6.09. The molecule has 2 atom stereocenters. The summed E-state index contributed by atoms with van der Waals surface area (Å²) in [4.78, 5) is 0.158. The standard InChI is InChI=1S/C13H14ClN3O2S/c1-8-12(7-15-16-8)20(18,19)17-13-10-5-3-2-4-9(10)6-11(13)14/h2-5,7,11,13,17H,6H2,1H3,(H,15,16). The Balaban J connectivity index is 1.94. The lowest BCUT2D eigenvalue weighted by Gasteiger charge is -2.17. The zero-order valence-corrected chi connectivity index (χ0v) is 12.4. The van der Waals surface area contributed by atoms with Crippen molar-refractivity contribution >= 4 is 21.6 Å². The van der Waals surface area contributed by atoms with E-state index in [0.717, 1.165) is 11.1 Å². The Labute approximate surface area is 122 Å². The first-order valence-electron chi connectivity index (χ1n) is 6.23. The lowest BCUT2D eigenvalue weighted by Crippen LogP contribution is -2.32. The number of rotatable bonds is 3. The molecule has 7 heteroatoms. The van der Waals surface area contributed by atoms with E-state index in [1.807, 2.05) is 24.3 Å². The predicted molar refractivity (Wildman–Crippen MR) is 76.2 cm³/mol. The fourth-order valence-corrected chi connectivity index (χ4v) is 4.36. The Hall–Kier alpha value is -1.37. The quantitative estimate of drug-likeness (QED) is 0.850. The van der Waals surface area contributed by atoms with Gasteiger partial charge in [-0.05, 0) is 24.5 Å². The second-order valence-electron chi connectivity index (χ2n) is 4.88. The van der Waals surface area contributed by atoms with E-state index < -0.39 is 16.1 Å². The summed E-state index contributed by atoms with van der Waals surface area (Å²) in [7, 11) is -3.63. The molecule has 0 amide bonds. The summed E-state index contributed by atoms with van der Waals surface area (Å²) < 4.78 is 27.5. The van der Waals surface area contributed by atoms with Gasteiger partial charge >= 0.3 is 0 Å². The number of halogens is 1. The molecule has 106 valence electrons. The highest BCUT2D eigenvalue weighted by Crippen LogP contribution is 2.35. The fourth-order valence-electron chi connectivity index (χ4n) is 2.52. The van der Waals surface area contributed by atoms with Crippen LogP contribution in [0.3, 0.4) is 0 Å². The number of aromatic amines is 1. The summed E-state index contributed by atoms with van der Waals surface area (Å²) in [5.74, 6) is 0. The molecule has 0 bridgehead atoms. The molecule has 2 aromatic rings. The van der Waals surface area contributed by atoms with Crippen LogP contribution in [-0.4, -0.2) is 24.0 Å². The third-order valence-corrected chi connectivity index (χ3v) is 5.48. The maximum Gasteiger partial charge on any atom is 0.244 e. The van der Waals surface area contributed by atoms with Gasteiger partial charge in [0.2, 0.25) is 10.0 Å². The number of hydrogen-bond donors (Lipinski definition) is 2. The van der Waals surface area contributed by atoms with Gasteiger partial charge in [-0.1, -0.05) is 24.3 Å². The number of benzene rings is 1. The SMILES string of the molecule is Cc1[nH]ncc1S(=O)(=O)NC1c2ccccc2CC1Cl. The van der Waals surface area contributed by atoms with Gasteiger partial charge in [-0.3, -0.25) is 5.10 Å². The van der Waals surface area contributed by atoms with Gasteiger partial charge in [0, 0.05) is 0 Å². The average Bonchev–Trinajstić information content (AvgIpc) is 2.95. The van der Waals surface area contributed by atoms with Gasteiger partial charge in [0.1, 0.15) is 4.90 Å². The first-order valence-corrected chi connectivity index (χ1v) is 8.15. The van der Waals surface area contributed by atoms with Crippen LogP contribution in [0.1, 0.15) is 22.9 Å². The van der Waals surface area contributed by atoms with Crippen LogP contribution in [-0.2, 0) is 16.4 Å². The van der Waals surface area contributed by atoms with E-state index in [-0.39, 0.29) is 10.3 Å². The minimum absolute atomic E-state index is 0.158. The largest absolute Gasteiger partial charge is 0.281 e. The fraction of sp³-hybridized carbons (Fsp3) is 0.308. The highest BCUT2D eigenvalue weighted by molar-refractivity contribution is 7.89. The normalized spacial score (nSPS) is 21.9. The van der Waals surface area contributed by atoms with Crippen LogP contribution in [0.25, 0.3) is 0 Å². The molecule has 2 N–H and O–H groups in total. The lowest BCUT2D eigenvalue weighted by molar-refractivity contribution is 0.556. The van der Waals surface area contributed by atoms with Crippen LogP contribution in [0, 0.1) is 6.92 Å². The predicted octanol–water partition coefficient (Wildman–Crippen LogP) is 1.90. The molecular weight excluding hydrogens is 298 g/mol. The van der Waals surface area contributed by atoms with Gasteiger partial charge < -0.3 is 0 Å². The second-order valence-corrected chi connectivity index (χ2v) is 7.12. The van der Waals surface area contributed by atoms with Gasteiger partial charge in [-0.25, -0.2) is 13.1 Å².